The van der Waals surface area contributed by atoms with Crippen molar-refractivity contribution in [3.05, 3.63) is 60.8 Å². The molecule has 0 aliphatic carbocycles. The van der Waals surface area contributed by atoms with E-state index in [0.717, 1.165) is 64.2 Å². The average Bonchev–Trinajstić information content (AvgIpc) is 3.24. The van der Waals surface area contributed by atoms with Gasteiger partial charge in [0.1, 0.15) is 36.8 Å². The summed E-state index contributed by atoms with van der Waals surface area (Å²) >= 11 is 0. The molecule has 0 radical (unpaired) electrons. The molecule has 13 heteroatoms. The minimum absolute atomic E-state index is 0.139. The predicted octanol–water partition coefficient (Wildman–Crippen LogP) is 10.1. The molecular formula is C49H84O12S. The largest absolute Gasteiger partial charge is 0.462 e. The molecule has 1 aliphatic rings. The molecule has 0 aromatic heterocycles. The van der Waals surface area contributed by atoms with Crippen LogP contribution in [0.2, 0.25) is 0 Å². The molecule has 1 rings (SSSR count). The van der Waals surface area contributed by atoms with Crippen molar-refractivity contribution in [2.24, 2.45) is 0 Å². The number of aliphatic hydroxyl groups is 3. The van der Waals surface area contributed by atoms with Crippen LogP contribution in [-0.4, -0.2) is 96.0 Å². The van der Waals surface area contributed by atoms with Crippen LogP contribution >= 0.6 is 0 Å². The van der Waals surface area contributed by atoms with Crippen LogP contribution in [0.4, 0.5) is 0 Å². The average molecular weight is 897 g/mol. The molecule has 358 valence electrons. The van der Waals surface area contributed by atoms with Crippen LogP contribution in [0, 0.1) is 0 Å². The molecule has 0 amide bonds. The van der Waals surface area contributed by atoms with Crippen molar-refractivity contribution in [2.45, 2.75) is 218 Å². The lowest BCUT2D eigenvalue weighted by Crippen LogP contribution is -2.60. The second kappa shape index (κ2) is 38.8. The van der Waals surface area contributed by atoms with Crippen LogP contribution in [0.1, 0.15) is 181 Å². The fourth-order valence-electron chi connectivity index (χ4n) is 6.84. The van der Waals surface area contributed by atoms with Crippen molar-refractivity contribution >= 4 is 22.1 Å². The zero-order valence-corrected chi connectivity index (χ0v) is 39.0. The van der Waals surface area contributed by atoms with Crippen LogP contribution in [0.5, 0.6) is 0 Å². The number of aliphatic hydroxyl groups excluding tert-OH is 3. The van der Waals surface area contributed by atoms with Crippen molar-refractivity contribution < 1.29 is 56.8 Å². The number of hydrogen-bond donors (Lipinski definition) is 4. The van der Waals surface area contributed by atoms with E-state index >= 15 is 0 Å². The van der Waals surface area contributed by atoms with Gasteiger partial charge in [-0.3, -0.25) is 14.1 Å². The van der Waals surface area contributed by atoms with Crippen molar-refractivity contribution in [1.29, 1.82) is 0 Å². The summed E-state index contributed by atoms with van der Waals surface area (Å²) in [7, 11) is -4.61. The Labute approximate surface area is 375 Å². The number of hydrogen-bond acceptors (Lipinski definition) is 11. The fourth-order valence-corrected chi connectivity index (χ4v) is 7.53. The molecule has 0 bridgehead atoms. The lowest BCUT2D eigenvalue weighted by atomic mass is 10.00. The molecule has 2 unspecified atom stereocenters. The highest BCUT2D eigenvalue weighted by molar-refractivity contribution is 7.85. The Hall–Kier alpha value is -2.65. The van der Waals surface area contributed by atoms with Gasteiger partial charge in [-0.05, 0) is 77.0 Å². The quantitative estimate of drug-likeness (QED) is 0.0198. The van der Waals surface area contributed by atoms with E-state index in [2.05, 4.69) is 68.5 Å². The van der Waals surface area contributed by atoms with Gasteiger partial charge in [0.2, 0.25) is 0 Å². The van der Waals surface area contributed by atoms with Crippen LogP contribution in [0.25, 0.3) is 0 Å². The van der Waals surface area contributed by atoms with Gasteiger partial charge in [-0.15, -0.1) is 0 Å². The zero-order valence-electron chi connectivity index (χ0n) is 38.2. The summed E-state index contributed by atoms with van der Waals surface area (Å²) in [4.78, 5) is 25.4. The Morgan fingerprint density at radius 2 is 0.984 bits per heavy atom. The van der Waals surface area contributed by atoms with Crippen LogP contribution in [0.3, 0.4) is 0 Å². The number of unbranched alkanes of at least 4 members (excludes halogenated alkanes) is 17. The second-order valence-electron chi connectivity index (χ2n) is 16.4. The summed E-state index contributed by atoms with van der Waals surface area (Å²) in [5.74, 6) is -2.07. The van der Waals surface area contributed by atoms with Crippen molar-refractivity contribution in [2.75, 3.05) is 19.0 Å². The van der Waals surface area contributed by atoms with Crippen LogP contribution in [0.15, 0.2) is 60.8 Å². The highest BCUT2D eigenvalue weighted by atomic mass is 32.2. The van der Waals surface area contributed by atoms with E-state index in [1.54, 1.807) is 0 Å². The molecule has 62 heavy (non-hydrogen) atoms. The summed E-state index contributed by atoms with van der Waals surface area (Å²) in [5.41, 5.74) is 0. The maximum atomic E-state index is 12.8. The summed E-state index contributed by atoms with van der Waals surface area (Å²) in [5, 5.41) is 30.9. The molecule has 6 atom stereocenters. The highest BCUT2D eigenvalue weighted by Gasteiger charge is 2.46. The van der Waals surface area contributed by atoms with Gasteiger partial charge in [-0.25, -0.2) is 0 Å². The third-order valence-electron chi connectivity index (χ3n) is 10.6. The van der Waals surface area contributed by atoms with Crippen molar-refractivity contribution in [3.8, 4) is 0 Å². The predicted molar refractivity (Wildman–Crippen MR) is 247 cm³/mol. The smallest absolute Gasteiger partial charge is 0.306 e. The Kier molecular flexibility index (Phi) is 35.9. The maximum absolute atomic E-state index is 12.8. The minimum Gasteiger partial charge on any atom is -0.462 e. The number of rotatable bonds is 39. The first kappa shape index (κ1) is 57.4. The van der Waals surface area contributed by atoms with E-state index in [4.69, 9.17) is 18.9 Å². The van der Waals surface area contributed by atoms with Gasteiger partial charge < -0.3 is 34.3 Å². The Bertz CT molecular complexity index is 1370. The third-order valence-corrected chi connectivity index (χ3v) is 11.3. The first-order chi connectivity index (χ1) is 30.0. The second-order valence-corrected chi connectivity index (χ2v) is 17.9. The summed E-state index contributed by atoms with van der Waals surface area (Å²) < 4.78 is 54.0. The monoisotopic (exact) mass is 897 g/mol. The topological polar surface area (TPSA) is 186 Å². The first-order valence-corrected chi connectivity index (χ1v) is 25.5. The summed E-state index contributed by atoms with van der Waals surface area (Å²) in [6.07, 6.45) is 38.5. The maximum Gasteiger partial charge on any atom is 0.306 e. The van der Waals surface area contributed by atoms with Gasteiger partial charge in [0.25, 0.3) is 10.1 Å². The molecule has 0 spiro atoms. The molecule has 0 aromatic carbocycles. The highest BCUT2D eigenvalue weighted by Crippen LogP contribution is 2.24. The van der Waals surface area contributed by atoms with E-state index in [0.29, 0.717) is 19.3 Å². The molecule has 1 fully saturated rings. The van der Waals surface area contributed by atoms with Gasteiger partial charge in [0.05, 0.1) is 6.61 Å². The van der Waals surface area contributed by atoms with Crippen LogP contribution in [-0.2, 0) is 38.7 Å². The number of allylic oxidation sites excluding steroid dienone is 10. The van der Waals surface area contributed by atoms with Gasteiger partial charge in [-0.2, -0.15) is 8.42 Å². The van der Waals surface area contributed by atoms with Gasteiger partial charge in [-0.1, -0.05) is 152 Å². The van der Waals surface area contributed by atoms with Crippen molar-refractivity contribution in [1.82, 2.24) is 0 Å². The molecular weight excluding hydrogens is 813 g/mol. The summed E-state index contributed by atoms with van der Waals surface area (Å²) in [6.45, 7) is 3.68. The number of carbonyl (C=O) groups is 2. The SMILES string of the molecule is CCCCCC/C=C/CCCCCCCC(=O)O[C@H](COC(=O)CCC/C=C/C/C=C/C/C=C/C/C=C/CCCCCCCCC)CO[C@H]1O[C@H](CS(=O)(=O)O)[C@@H](O)C(O)C1O. The lowest BCUT2D eigenvalue weighted by molar-refractivity contribution is -0.297. The summed E-state index contributed by atoms with van der Waals surface area (Å²) in [6, 6.07) is 0. The number of carbonyl (C=O) groups excluding carboxylic acids is 2. The van der Waals surface area contributed by atoms with E-state index < -0.39 is 71.2 Å². The molecule has 0 aromatic rings. The zero-order chi connectivity index (χ0) is 45.5. The van der Waals surface area contributed by atoms with Gasteiger partial charge >= 0.3 is 11.9 Å². The fraction of sp³-hybridized carbons (Fsp3) is 0.755. The normalized spacial score (nSPS) is 20.4. The number of ether oxygens (including phenoxy) is 4. The molecule has 1 aliphatic heterocycles. The van der Waals surface area contributed by atoms with Gasteiger partial charge in [0.15, 0.2) is 12.4 Å². The molecule has 4 N–H and O–H groups in total. The first-order valence-electron chi connectivity index (χ1n) is 23.8. The molecule has 1 saturated heterocycles. The van der Waals surface area contributed by atoms with E-state index in [1.807, 2.05) is 6.08 Å². The van der Waals surface area contributed by atoms with E-state index in [9.17, 15) is 37.9 Å². The van der Waals surface area contributed by atoms with E-state index in [1.165, 1.54) is 70.6 Å². The standard InChI is InChI=1S/C49H84O12S/c1-3-5-7-9-11-13-15-17-18-19-20-21-22-23-24-26-27-29-31-33-35-37-44(50)58-39-42(40-59-49-48(54)47(53)46(52)43(61-49)41-62(55,56)57)60-45(51)38-36-34-32-30-28-25-16-14-12-10-8-6-4-2/h14,16,18-19,21-22,24,26,29,31,42-43,46-49,52-54H,3-13,15,17,20,23,25,27-28,30,32-41H2,1-2H3,(H,55,56,57)/b16-14+,19-18+,22-21+,26-24+,31-29+/t42-,43-,46-,47?,48?,49+/m1/s1. The third kappa shape index (κ3) is 32.9. The Balaban J connectivity index is 2.46. The molecule has 0 saturated carbocycles. The molecule has 1 heterocycles. The Morgan fingerprint density at radius 1 is 0.548 bits per heavy atom. The van der Waals surface area contributed by atoms with Crippen LogP contribution < -0.4 is 0 Å². The molecule has 12 nitrogen and oxygen atoms in total. The lowest BCUT2D eigenvalue weighted by Gasteiger charge is -2.40. The van der Waals surface area contributed by atoms with Gasteiger partial charge in [0, 0.05) is 12.8 Å². The minimum atomic E-state index is -4.61. The van der Waals surface area contributed by atoms with E-state index in [-0.39, 0.29) is 19.4 Å². The van der Waals surface area contributed by atoms with Crippen molar-refractivity contribution in [3.63, 3.8) is 0 Å². The number of esters is 2. The Morgan fingerprint density at radius 3 is 1.52 bits per heavy atom.